The minimum atomic E-state index is -0.383. The van der Waals surface area contributed by atoms with Gasteiger partial charge in [-0.25, -0.2) is 9.37 Å². The molecule has 0 aliphatic carbocycles. The lowest BCUT2D eigenvalue weighted by Crippen LogP contribution is -2.02. The molecule has 88 valence electrons. The van der Waals surface area contributed by atoms with Gasteiger partial charge >= 0.3 is 0 Å². The molecule has 1 aromatic carbocycles. The average Bonchev–Trinajstić information content (AvgIpc) is 2.74. The zero-order chi connectivity index (χ0) is 12.4. The van der Waals surface area contributed by atoms with Crippen LogP contribution in [-0.4, -0.2) is 20.5 Å². The highest BCUT2D eigenvalue weighted by Gasteiger charge is 2.09. The van der Waals surface area contributed by atoms with Crippen LogP contribution in [0.5, 0.6) is 0 Å². The zero-order valence-corrected chi connectivity index (χ0v) is 9.55. The molecule has 0 aliphatic rings. The third kappa shape index (κ3) is 2.04. The smallest absolute Gasteiger partial charge is 0.147 e. The molecule has 0 bridgehead atoms. The molecule has 2 rings (SSSR count). The number of halogens is 1. The monoisotopic (exact) mass is 233 g/mol. The normalized spacial score (nSPS) is 11.8. The standard InChI is InChI=1S/C12H12FN3O/c1-8(15-17)10-3-4-12(11(13)7-10)16-6-5-14-9(16)2/h3-7,17H,1-2H3/b15-8-. The predicted molar refractivity (Wildman–Crippen MR) is 62.3 cm³/mol. The fourth-order valence-corrected chi connectivity index (χ4v) is 1.62. The highest BCUT2D eigenvalue weighted by atomic mass is 19.1. The number of nitrogens with zero attached hydrogens (tertiary/aromatic N) is 3. The fourth-order valence-electron chi connectivity index (χ4n) is 1.62. The third-order valence-corrected chi connectivity index (χ3v) is 2.60. The molecule has 0 atom stereocenters. The average molecular weight is 233 g/mol. The minimum Gasteiger partial charge on any atom is -0.411 e. The number of aryl methyl sites for hydroxylation is 1. The Morgan fingerprint density at radius 3 is 2.76 bits per heavy atom. The van der Waals surface area contributed by atoms with Crippen molar-refractivity contribution in [2.75, 3.05) is 0 Å². The molecular formula is C12H12FN3O. The Hall–Kier alpha value is -2.17. The van der Waals surface area contributed by atoms with Gasteiger partial charge in [0.1, 0.15) is 11.6 Å². The van der Waals surface area contributed by atoms with E-state index in [4.69, 9.17) is 5.21 Å². The summed E-state index contributed by atoms with van der Waals surface area (Å²) in [5.41, 5.74) is 1.35. The van der Waals surface area contributed by atoms with Crippen molar-refractivity contribution in [2.24, 2.45) is 5.16 Å². The van der Waals surface area contributed by atoms with Gasteiger partial charge in [0.05, 0.1) is 11.4 Å². The number of imidazole rings is 1. The second kappa shape index (κ2) is 4.37. The zero-order valence-electron chi connectivity index (χ0n) is 9.55. The van der Waals surface area contributed by atoms with Gasteiger partial charge < -0.3 is 9.77 Å². The molecule has 17 heavy (non-hydrogen) atoms. The number of benzene rings is 1. The van der Waals surface area contributed by atoms with Crippen LogP contribution in [0, 0.1) is 12.7 Å². The Labute approximate surface area is 98.0 Å². The van der Waals surface area contributed by atoms with Crippen molar-refractivity contribution in [3.05, 3.63) is 47.8 Å². The van der Waals surface area contributed by atoms with E-state index >= 15 is 0 Å². The molecule has 5 heteroatoms. The Balaban J connectivity index is 2.50. The molecule has 0 spiro atoms. The lowest BCUT2D eigenvalue weighted by atomic mass is 10.1. The van der Waals surface area contributed by atoms with E-state index in [-0.39, 0.29) is 5.82 Å². The molecule has 0 saturated heterocycles. The van der Waals surface area contributed by atoms with Crippen LogP contribution in [-0.2, 0) is 0 Å². The van der Waals surface area contributed by atoms with Crippen LogP contribution in [0.2, 0.25) is 0 Å². The summed E-state index contributed by atoms with van der Waals surface area (Å²) in [5.74, 6) is 0.329. The van der Waals surface area contributed by atoms with E-state index in [1.54, 1.807) is 42.9 Å². The van der Waals surface area contributed by atoms with Crippen LogP contribution in [0.1, 0.15) is 18.3 Å². The summed E-state index contributed by atoms with van der Waals surface area (Å²) in [6.45, 7) is 3.41. The topological polar surface area (TPSA) is 50.4 Å². The van der Waals surface area contributed by atoms with Crippen LogP contribution >= 0.6 is 0 Å². The summed E-state index contributed by atoms with van der Waals surface area (Å²) in [6, 6.07) is 4.67. The molecule has 4 nitrogen and oxygen atoms in total. The summed E-state index contributed by atoms with van der Waals surface area (Å²) < 4.78 is 15.6. The first kappa shape index (κ1) is 11.3. The van der Waals surface area contributed by atoms with Crippen molar-refractivity contribution in [3.8, 4) is 5.69 Å². The van der Waals surface area contributed by atoms with Crippen LogP contribution in [0.25, 0.3) is 5.69 Å². The van der Waals surface area contributed by atoms with E-state index in [9.17, 15) is 4.39 Å². The maximum atomic E-state index is 13.9. The summed E-state index contributed by atoms with van der Waals surface area (Å²) >= 11 is 0. The third-order valence-electron chi connectivity index (χ3n) is 2.60. The Morgan fingerprint density at radius 2 is 2.24 bits per heavy atom. The SMILES string of the molecule is C/C(=N/O)c1ccc(-n2ccnc2C)c(F)c1. The number of oxime groups is 1. The number of hydrogen-bond acceptors (Lipinski definition) is 3. The van der Waals surface area contributed by atoms with Gasteiger partial charge in [-0.2, -0.15) is 0 Å². The van der Waals surface area contributed by atoms with Gasteiger partial charge in [0, 0.05) is 18.0 Å². The van der Waals surface area contributed by atoms with Gasteiger partial charge in [-0.15, -0.1) is 0 Å². The molecule has 1 N–H and O–H groups in total. The summed E-state index contributed by atoms with van der Waals surface area (Å²) in [6.07, 6.45) is 3.31. The van der Waals surface area contributed by atoms with Gasteiger partial charge in [0.2, 0.25) is 0 Å². The number of aromatic nitrogens is 2. The maximum Gasteiger partial charge on any atom is 0.147 e. The molecule has 0 amide bonds. The maximum absolute atomic E-state index is 13.9. The van der Waals surface area contributed by atoms with Crippen molar-refractivity contribution in [1.82, 2.24) is 9.55 Å². The first-order valence-corrected chi connectivity index (χ1v) is 5.12. The Morgan fingerprint density at radius 1 is 1.47 bits per heavy atom. The van der Waals surface area contributed by atoms with E-state index < -0.39 is 0 Å². The Kier molecular flexibility index (Phi) is 2.91. The molecule has 0 saturated carbocycles. The van der Waals surface area contributed by atoms with Crippen molar-refractivity contribution < 1.29 is 9.60 Å². The van der Waals surface area contributed by atoms with Crippen LogP contribution in [0.3, 0.4) is 0 Å². The van der Waals surface area contributed by atoms with Crippen molar-refractivity contribution in [2.45, 2.75) is 13.8 Å². The molecule has 1 aromatic heterocycles. The second-order valence-electron chi connectivity index (χ2n) is 3.70. The first-order valence-electron chi connectivity index (χ1n) is 5.12. The highest BCUT2D eigenvalue weighted by Crippen LogP contribution is 2.17. The fraction of sp³-hybridized carbons (Fsp3) is 0.167. The van der Waals surface area contributed by atoms with Crippen molar-refractivity contribution >= 4 is 5.71 Å². The molecule has 0 radical (unpaired) electrons. The van der Waals surface area contributed by atoms with Gasteiger partial charge in [0.25, 0.3) is 0 Å². The summed E-state index contributed by atoms with van der Waals surface area (Å²) in [7, 11) is 0. The summed E-state index contributed by atoms with van der Waals surface area (Å²) in [4.78, 5) is 4.04. The van der Waals surface area contributed by atoms with Crippen molar-refractivity contribution in [1.29, 1.82) is 0 Å². The Bertz CT molecular complexity index is 575. The second-order valence-corrected chi connectivity index (χ2v) is 3.70. The van der Waals surface area contributed by atoms with Gasteiger partial charge in [-0.05, 0) is 26.0 Å². The van der Waals surface area contributed by atoms with Crippen molar-refractivity contribution in [3.63, 3.8) is 0 Å². The minimum absolute atomic E-state index is 0.373. The largest absolute Gasteiger partial charge is 0.411 e. The van der Waals surface area contributed by atoms with Crippen LogP contribution in [0.15, 0.2) is 35.7 Å². The summed E-state index contributed by atoms with van der Waals surface area (Å²) in [5, 5.41) is 11.7. The van der Waals surface area contributed by atoms with Gasteiger partial charge in [0.15, 0.2) is 0 Å². The van der Waals surface area contributed by atoms with Crippen LogP contribution < -0.4 is 0 Å². The predicted octanol–water partition coefficient (Wildman–Crippen LogP) is 2.52. The van der Waals surface area contributed by atoms with E-state index in [0.29, 0.717) is 22.8 Å². The molecule has 2 aromatic rings. The number of rotatable bonds is 2. The van der Waals surface area contributed by atoms with Crippen LogP contribution in [0.4, 0.5) is 4.39 Å². The number of hydrogen-bond donors (Lipinski definition) is 1. The lowest BCUT2D eigenvalue weighted by Gasteiger charge is -2.08. The molecule has 1 heterocycles. The highest BCUT2D eigenvalue weighted by molar-refractivity contribution is 5.98. The van der Waals surface area contributed by atoms with E-state index in [1.165, 1.54) is 6.07 Å². The quantitative estimate of drug-likeness (QED) is 0.492. The van der Waals surface area contributed by atoms with Gasteiger partial charge in [-0.1, -0.05) is 11.2 Å². The molecular weight excluding hydrogens is 221 g/mol. The van der Waals surface area contributed by atoms with Gasteiger partial charge in [-0.3, -0.25) is 0 Å². The first-order chi connectivity index (χ1) is 8.13. The molecule has 0 aliphatic heterocycles. The molecule has 0 fully saturated rings. The van der Waals surface area contributed by atoms with E-state index in [2.05, 4.69) is 10.1 Å². The lowest BCUT2D eigenvalue weighted by molar-refractivity contribution is 0.319. The molecule has 0 unspecified atom stereocenters. The van der Waals surface area contributed by atoms with E-state index in [1.807, 2.05) is 0 Å². The van der Waals surface area contributed by atoms with E-state index in [0.717, 1.165) is 0 Å².